The summed E-state index contributed by atoms with van der Waals surface area (Å²) in [6, 6.07) is 6.86. The summed E-state index contributed by atoms with van der Waals surface area (Å²) in [6.07, 6.45) is 19.5. The predicted molar refractivity (Wildman–Crippen MR) is 146 cm³/mol. The van der Waals surface area contributed by atoms with E-state index in [4.69, 9.17) is 4.74 Å². The van der Waals surface area contributed by atoms with Gasteiger partial charge in [-0.2, -0.15) is 0 Å². The van der Waals surface area contributed by atoms with Gasteiger partial charge < -0.3 is 47.7 Å². The maximum absolute atomic E-state index is 6.33. The quantitative estimate of drug-likeness (QED) is 0.160. The second-order valence-corrected chi connectivity index (χ2v) is 12.3. The Balaban J connectivity index is 0. The van der Waals surface area contributed by atoms with Crippen LogP contribution in [0.25, 0.3) is 0 Å². The lowest BCUT2D eigenvalue weighted by atomic mass is 10.0. The first-order chi connectivity index (χ1) is 15.6. The second-order valence-electron chi connectivity index (χ2n) is 12.3. The van der Waals surface area contributed by atoms with E-state index in [0.29, 0.717) is 0 Å². The highest BCUT2D eigenvalue weighted by molar-refractivity contribution is 5.37. The lowest BCUT2D eigenvalue weighted by Crippen LogP contribution is -3.00. The molecule has 1 rings (SSSR count). The third kappa shape index (κ3) is 21.7. The molecule has 0 radical (unpaired) electrons. The minimum absolute atomic E-state index is 0. The molecule has 0 atom stereocenters. The van der Waals surface area contributed by atoms with E-state index in [1.165, 1.54) is 101 Å². The van der Waals surface area contributed by atoms with Crippen LogP contribution in [0, 0.1) is 0 Å². The summed E-state index contributed by atoms with van der Waals surface area (Å²) in [7, 11) is 13.5. The topological polar surface area (TPSA) is 9.23 Å². The highest BCUT2D eigenvalue weighted by atomic mass is 79.9. The minimum atomic E-state index is 0. The maximum atomic E-state index is 6.33. The molecule has 35 heavy (non-hydrogen) atoms. The Morgan fingerprint density at radius 1 is 0.571 bits per heavy atom. The largest absolute Gasteiger partial charge is 1.00 e. The number of hydrogen-bond donors (Lipinski definition) is 0. The maximum Gasteiger partial charge on any atom is 0.128 e. The molecule has 0 aromatic heterocycles. The molecule has 1 aromatic carbocycles. The number of unbranched alkanes of at least 4 members (excludes halogenated alkanes) is 13. The van der Waals surface area contributed by atoms with Crippen LogP contribution < -0.4 is 38.7 Å². The van der Waals surface area contributed by atoms with Crippen molar-refractivity contribution in [3.05, 3.63) is 29.3 Å². The zero-order chi connectivity index (χ0) is 24.6. The fourth-order valence-electron chi connectivity index (χ4n) is 4.50. The lowest BCUT2D eigenvalue weighted by Gasteiger charge is -2.27. The van der Waals surface area contributed by atoms with E-state index in [-0.39, 0.29) is 34.0 Å². The van der Waals surface area contributed by atoms with Crippen molar-refractivity contribution >= 4 is 0 Å². The van der Waals surface area contributed by atoms with Gasteiger partial charge in [0.25, 0.3) is 0 Å². The molecule has 0 N–H and O–H groups in total. The normalized spacial score (nSPS) is 11.6. The summed E-state index contributed by atoms with van der Waals surface area (Å²) in [6.45, 7) is 5.16. The summed E-state index contributed by atoms with van der Waals surface area (Å²) in [5.41, 5.74) is 2.70. The number of ether oxygens (including phenoxy) is 1. The molecule has 1 aromatic rings. The zero-order valence-corrected chi connectivity index (χ0v) is 27.5. The Labute approximate surface area is 240 Å². The van der Waals surface area contributed by atoms with Crippen molar-refractivity contribution in [3.63, 3.8) is 0 Å². The smallest absolute Gasteiger partial charge is 0.128 e. The van der Waals surface area contributed by atoms with Crippen LogP contribution in [-0.2, 0) is 13.1 Å². The Kier molecular flexibility index (Phi) is 22.1. The molecule has 0 fully saturated rings. The van der Waals surface area contributed by atoms with Gasteiger partial charge >= 0.3 is 0 Å². The van der Waals surface area contributed by atoms with Crippen LogP contribution in [-0.4, -0.2) is 57.9 Å². The first kappa shape index (κ1) is 37.1. The fourth-order valence-corrected chi connectivity index (χ4v) is 4.50. The number of halogens is 2. The van der Waals surface area contributed by atoms with Gasteiger partial charge in [-0.1, -0.05) is 96.5 Å². The van der Waals surface area contributed by atoms with Gasteiger partial charge in [0.05, 0.1) is 48.9 Å². The molecule has 5 heteroatoms. The third-order valence-electron chi connectivity index (χ3n) is 6.19. The summed E-state index contributed by atoms with van der Waals surface area (Å²) in [4.78, 5) is 0. The van der Waals surface area contributed by atoms with Gasteiger partial charge in [0.2, 0.25) is 0 Å². The average molecular weight is 623 g/mol. The van der Waals surface area contributed by atoms with Crippen LogP contribution in [0.1, 0.15) is 108 Å². The molecule has 0 heterocycles. The van der Waals surface area contributed by atoms with Crippen molar-refractivity contribution in [1.82, 2.24) is 0 Å². The van der Waals surface area contributed by atoms with Gasteiger partial charge in [-0.05, 0) is 18.6 Å². The predicted octanol–water partition coefficient (Wildman–Crippen LogP) is 1.97. The summed E-state index contributed by atoms with van der Waals surface area (Å²) in [5.74, 6) is 1.10. The number of rotatable bonds is 20. The highest BCUT2D eigenvalue weighted by Crippen LogP contribution is 2.25. The molecule has 208 valence electrons. The Bertz CT molecular complexity index is 624. The Hall–Kier alpha value is -0.100. The average Bonchev–Trinajstić information content (AvgIpc) is 2.70. The molecule has 0 unspecified atom stereocenters. The van der Waals surface area contributed by atoms with Gasteiger partial charge in [0, 0.05) is 11.1 Å². The van der Waals surface area contributed by atoms with Gasteiger partial charge in [0.1, 0.15) is 18.8 Å². The van der Waals surface area contributed by atoms with Crippen LogP contribution in [0.4, 0.5) is 0 Å². The van der Waals surface area contributed by atoms with Crippen molar-refractivity contribution in [2.45, 2.75) is 110 Å². The SMILES string of the molecule is CCCCCCCCCCCCCCCCOc1cc(C[N+](C)(C)C)ccc1C[N+](C)(C)C.[Br-].[Br-]. The summed E-state index contributed by atoms with van der Waals surface area (Å²) < 4.78 is 8.19. The fraction of sp³-hybridized carbons (Fsp3) is 0.800. The first-order valence-corrected chi connectivity index (χ1v) is 14.0. The number of nitrogens with zero attached hydrogens (tertiary/aromatic N) is 2. The van der Waals surface area contributed by atoms with Crippen molar-refractivity contribution in [2.24, 2.45) is 0 Å². The zero-order valence-electron chi connectivity index (χ0n) is 24.3. The molecule has 0 spiro atoms. The van der Waals surface area contributed by atoms with Gasteiger partial charge in [-0.25, -0.2) is 0 Å². The number of benzene rings is 1. The van der Waals surface area contributed by atoms with Crippen molar-refractivity contribution in [2.75, 3.05) is 48.9 Å². The van der Waals surface area contributed by atoms with Crippen molar-refractivity contribution in [3.8, 4) is 5.75 Å². The molecule has 0 bridgehead atoms. The van der Waals surface area contributed by atoms with E-state index < -0.39 is 0 Å². The van der Waals surface area contributed by atoms with Crippen LogP contribution in [0.3, 0.4) is 0 Å². The molecular weight excluding hydrogens is 564 g/mol. The molecule has 0 saturated heterocycles. The second kappa shape index (κ2) is 20.9. The molecule has 0 saturated carbocycles. The van der Waals surface area contributed by atoms with E-state index in [9.17, 15) is 0 Å². The molecular formula is C30H58Br2N2O. The molecule has 0 aliphatic carbocycles. The van der Waals surface area contributed by atoms with E-state index in [0.717, 1.165) is 34.4 Å². The third-order valence-corrected chi connectivity index (χ3v) is 6.19. The van der Waals surface area contributed by atoms with Gasteiger partial charge in [-0.15, -0.1) is 0 Å². The van der Waals surface area contributed by atoms with Crippen molar-refractivity contribution in [1.29, 1.82) is 0 Å². The first-order valence-electron chi connectivity index (χ1n) is 14.0. The van der Waals surface area contributed by atoms with Crippen LogP contribution in [0.2, 0.25) is 0 Å². The van der Waals surface area contributed by atoms with Gasteiger partial charge in [-0.3, -0.25) is 0 Å². The molecule has 3 nitrogen and oxygen atoms in total. The molecule has 0 amide bonds. The van der Waals surface area contributed by atoms with E-state index >= 15 is 0 Å². The number of hydrogen-bond acceptors (Lipinski definition) is 1. The summed E-state index contributed by atoms with van der Waals surface area (Å²) in [5, 5.41) is 0. The van der Waals surface area contributed by atoms with Crippen LogP contribution in [0.15, 0.2) is 18.2 Å². The van der Waals surface area contributed by atoms with Crippen molar-refractivity contribution < 1.29 is 47.7 Å². The standard InChI is InChI=1S/C30H58N2O.2BrH/c1-8-9-10-11-12-13-14-15-16-17-18-19-20-21-24-33-30-25-28(26-31(2,3)4)22-23-29(30)27-32(5,6)7;;/h22-23,25H,8-21,24,26-27H2,1-7H3;2*1H/q+2;;/p-2. The molecule has 0 aliphatic heterocycles. The Morgan fingerprint density at radius 3 is 1.43 bits per heavy atom. The van der Waals surface area contributed by atoms with E-state index in [1.807, 2.05) is 0 Å². The molecule has 0 aliphatic rings. The van der Waals surface area contributed by atoms with Gasteiger partial charge in [0.15, 0.2) is 0 Å². The lowest BCUT2D eigenvalue weighted by molar-refractivity contribution is -0.884. The van der Waals surface area contributed by atoms with E-state index in [2.05, 4.69) is 67.4 Å². The van der Waals surface area contributed by atoms with Crippen LogP contribution in [0.5, 0.6) is 5.75 Å². The Morgan fingerprint density at radius 2 is 1.00 bits per heavy atom. The highest BCUT2D eigenvalue weighted by Gasteiger charge is 2.16. The van der Waals surface area contributed by atoms with Crippen LogP contribution >= 0.6 is 0 Å². The monoisotopic (exact) mass is 620 g/mol. The minimum Gasteiger partial charge on any atom is -1.00 e. The van der Waals surface area contributed by atoms with E-state index in [1.54, 1.807) is 0 Å². The number of quaternary nitrogens is 2. The summed E-state index contributed by atoms with van der Waals surface area (Å²) >= 11 is 0.